The fraction of sp³-hybridized carbons (Fsp3) is 0.778. The number of carboxylic acid groups (broad SMARTS) is 1. The lowest BCUT2D eigenvalue weighted by atomic mass is 9.33. The van der Waals surface area contributed by atoms with Crippen molar-refractivity contribution in [3.05, 3.63) is 42.5 Å². The number of aromatic nitrogens is 4. The van der Waals surface area contributed by atoms with Gasteiger partial charge in [-0.15, -0.1) is 0 Å². The summed E-state index contributed by atoms with van der Waals surface area (Å²) < 4.78 is 16.4. The molecule has 1 unspecified atom stereocenters. The lowest BCUT2D eigenvalue weighted by Gasteiger charge is -2.72. The van der Waals surface area contributed by atoms with Crippen LogP contribution in [0.5, 0.6) is 0 Å². The first-order valence-corrected chi connectivity index (χ1v) is 20.9. The maximum atomic E-state index is 13.6. The summed E-state index contributed by atoms with van der Waals surface area (Å²) in [5.74, 6) is 1.06. The number of hydrogen-bond donors (Lipinski definition) is 2. The number of aliphatic carboxylic acids is 1. The van der Waals surface area contributed by atoms with Gasteiger partial charge in [-0.2, -0.15) is 5.10 Å². The van der Waals surface area contributed by atoms with Gasteiger partial charge in [-0.3, -0.25) is 9.78 Å². The van der Waals surface area contributed by atoms with Crippen LogP contribution in [0.2, 0.25) is 0 Å². The lowest BCUT2D eigenvalue weighted by molar-refractivity contribution is -0.274. The summed E-state index contributed by atoms with van der Waals surface area (Å²) >= 11 is 0. The molecule has 54 heavy (non-hydrogen) atoms. The molecule has 2 aromatic rings. The van der Waals surface area contributed by atoms with Gasteiger partial charge in [-0.25, -0.2) is 9.67 Å². The van der Waals surface area contributed by atoms with Gasteiger partial charge in [0.05, 0.1) is 37.4 Å². The summed E-state index contributed by atoms with van der Waals surface area (Å²) in [6, 6.07) is 3.87. The Kier molecular flexibility index (Phi) is 9.50. The molecule has 0 amide bonds. The molecule has 0 radical (unpaired) electrons. The first-order valence-electron chi connectivity index (χ1n) is 20.9. The molecule has 4 aliphatic carbocycles. The molecule has 2 bridgehead atoms. The zero-order valence-corrected chi connectivity index (χ0v) is 35.3. The van der Waals surface area contributed by atoms with Gasteiger partial charge < -0.3 is 20.3 Å². The predicted octanol–water partition coefficient (Wildman–Crippen LogP) is 9.01. The van der Waals surface area contributed by atoms with E-state index < -0.39 is 17.4 Å². The van der Waals surface area contributed by atoms with Crippen molar-refractivity contribution in [1.29, 1.82) is 0 Å². The van der Waals surface area contributed by atoms with Crippen LogP contribution in [-0.4, -0.2) is 61.8 Å². The van der Waals surface area contributed by atoms with Gasteiger partial charge in [0.1, 0.15) is 6.33 Å². The molecular weight excluding hydrogens is 675 g/mol. The number of nitrogens with two attached hydrogens (primary N) is 1. The van der Waals surface area contributed by atoms with Gasteiger partial charge in [-0.1, -0.05) is 80.9 Å². The van der Waals surface area contributed by atoms with Crippen LogP contribution < -0.4 is 5.73 Å². The summed E-state index contributed by atoms with van der Waals surface area (Å²) in [4.78, 5) is 22.8. The standard InChI is InChI=1S/C45H69N5O4/c1-27(2)28(3)40(8)19-20-42(10)31-13-14-34-41(9)24-53-29(4)45(34,32(31)15-18-43(42,11)35(40)38(51)52)23-33(36(41)54-25-44(12,46)39(5,6)7)50-37(48-26-49-50)30-16-21-47-22-17-30/h15-17,21-22,26-29,31,33-36H,13-14,18-20,23-25,46H2,1-12H3,(H,51,52)/t28-,29+,31+,33-,34+,35-,36+,40-,41+,42-,43+,44+,45?/m1/s1. The highest BCUT2D eigenvalue weighted by Gasteiger charge is 2.73. The molecule has 298 valence electrons. The zero-order valence-electron chi connectivity index (χ0n) is 35.3. The molecule has 2 aromatic heterocycles. The number of fused-ring (bicyclic) bond motifs is 3. The summed E-state index contributed by atoms with van der Waals surface area (Å²) in [5.41, 5.74) is 7.35. The third-order valence-electron chi connectivity index (χ3n) is 17.7. The molecule has 9 nitrogen and oxygen atoms in total. The predicted molar refractivity (Wildman–Crippen MR) is 212 cm³/mol. The van der Waals surface area contributed by atoms with E-state index in [0.717, 1.165) is 49.9 Å². The fourth-order valence-electron chi connectivity index (χ4n) is 13.1. The second-order valence-electron chi connectivity index (χ2n) is 21.1. The van der Waals surface area contributed by atoms with E-state index >= 15 is 0 Å². The number of carbonyl (C=O) groups is 1. The van der Waals surface area contributed by atoms with Crippen molar-refractivity contribution < 1.29 is 19.4 Å². The van der Waals surface area contributed by atoms with Crippen LogP contribution >= 0.6 is 0 Å². The first-order chi connectivity index (χ1) is 25.1. The topological polar surface area (TPSA) is 125 Å². The molecule has 0 spiro atoms. The third-order valence-corrected chi connectivity index (χ3v) is 17.7. The number of nitrogens with zero attached hydrogens (tertiary/aromatic N) is 4. The Morgan fingerprint density at radius 1 is 1.07 bits per heavy atom. The summed E-state index contributed by atoms with van der Waals surface area (Å²) in [7, 11) is 0. The van der Waals surface area contributed by atoms with E-state index in [1.54, 1.807) is 6.33 Å². The van der Waals surface area contributed by atoms with Crippen molar-refractivity contribution in [3.63, 3.8) is 0 Å². The molecule has 3 heterocycles. The van der Waals surface area contributed by atoms with Crippen LogP contribution in [0.15, 0.2) is 42.5 Å². The van der Waals surface area contributed by atoms with E-state index in [9.17, 15) is 9.90 Å². The number of allylic oxidation sites excluding steroid dienone is 1. The Bertz CT molecular complexity index is 1770. The Balaban J connectivity index is 1.38. The highest BCUT2D eigenvalue weighted by molar-refractivity contribution is 5.73. The molecule has 3 saturated carbocycles. The van der Waals surface area contributed by atoms with E-state index in [1.807, 2.05) is 24.5 Å². The zero-order chi connectivity index (χ0) is 39.4. The Hall–Kier alpha value is -2.62. The number of hydrogen-bond acceptors (Lipinski definition) is 7. The summed E-state index contributed by atoms with van der Waals surface area (Å²) in [6.07, 6.45) is 13.2. The van der Waals surface area contributed by atoms with E-state index in [0.29, 0.717) is 31.0 Å². The maximum absolute atomic E-state index is 13.6. The van der Waals surface area contributed by atoms with Crippen LogP contribution in [0.4, 0.5) is 0 Å². The fourth-order valence-corrected chi connectivity index (χ4v) is 13.1. The van der Waals surface area contributed by atoms with Crippen LogP contribution in [0.25, 0.3) is 11.4 Å². The van der Waals surface area contributed by atoms with Crippen molar-refractivity contribution >= 4 is 5.97 Å². The second-order valence-corrected chi connectivity index (χ2v) is 21.1. The van der Waals surface area contributed by atoms with Gasteiger partial charge in [0.15, 0.2) is 5.82 Å². The molecule has 4 fully saturated rings. The molecular formula is C45H69N5O4. The Morgan fingerprint density at radius 3 is 2.39 bits per heavy atom. The maximum Gasteiger partial charge on any atom is 0.307 e. The van der Waals surface area contributed by atoms with Gasteiger partial charge in [-0.05, 0) is 110 Å². The van der Waals surface area contributed by atoms with Crippen LogP contribution in [0, 0.1) is 62.1 Å². The van der Waals surface area contributed by atoms with Gasteiger partial charge in [0, 0.05) is 34.3 Å². The molecule has 3 N–H and O–H groups in total. The van der Waals surface area contributed by atoms with Gasteiger partial charge in [0.2, 0.25) is 0 Å². The molecule has 13 atom stereocenters. The minimum absolute atomic E-state index is 0.0200. The van der Waals surface area contributed by atoms with Gasteiger partial charge >= 0.3 is 5.97 Å². The summed E-state index contributed by atoms with van der Waals surface area (Å²) in [5, 5.41) is 16.2. The molecule has 1 saturated heterocycles. The average molecular weight is 744 g/mol. The van der Waals surface area contributed by atoms with E-state index in [2.05, 4.69) is 98.8 Å². The monoisotopic (exact) mass is 744 g/mol. The van der Waals surface area contributed by atoms with E-state index in [4.69, 9.17) is 25.3 Å². The number of pyridine rings is 1. The highest BCUT2D eigenvalue weighted by atomic mass is 16.5. The van der Waals surface area contributed by atoms with E-state index in [-0.39, 0.29) is 56.7 Å². The second kappa shape index (κ2) is 13.0. The molecule has 9 heteroatoms. The molecule has 7 rings (SSSR count). The Labute approximate surface area is 324 Å². The smallest absolute Gasteiger partial charge is 0.307 e. The molecule has 5 aliphatic rings. The normalized spacial score (nSPS) is 42.2. The van der Waals surface area contributed by atoms with E-state index in [1.165, 1.54) is 5.57 Å². The van der Waals surface area contributed by atoms with Crippen molar-refractivity contribution in [2.45, 2.75) is 145 Å². The quantitative estimate of drug-likeness (QED) is 0.257. The molecule has 1 aliphatic heterocycles. The number of carboxylic acids is 1. The highest BCUT2D eigenvalue weighted by Crippen LogP contribution is 2.76. The van der Waals surface area contributed by atoms with Crippen LogP contribution in [0.3, 0.4) is 0 Å². The lowest BCUT2D eigenvalue weighted by Crippen LogP contribution is -2.71. The number of rotatable bonds is 8. The SMILES string of the molecule is CC(C)[C@@H](C)[C@@]1(C)CC[C@]2(C)[C@H]3CC[C@@H]4C5(C[C@@H](n6ncnc6-c6ccncc6)[C@H](OC[C@](C)(N)C(C)(C)C)[C@@]4(C)CO[C@H]5C)C3=CC[C@@]2(C)[C@@H]1C(=O)O. The van der Waals surface area contributed by atoms with Crippen molar-refractivity contribution in [2.75, 3.05) is 13.2 Å². The van der Waals surface area contributed by atoms with Crippen molar-refractivity contribution in [1.82, 2.24) is 19.7 Å². The number of ether oxygens (including phenoxy) is 2. The summed E-state index contributed by atoms with van der Waals surface area (Å²) in [6.45, 7) is 28.3. The average Bonchev–Trinajstić information content (AvgIpc) is 3.59. The van der Waals surface area contributed by atoms with Crippen LogP contribution in [0.1, 0.15) is 128 Å². The first kappa shape index (κ1) is 39.6. The van der Waals surface area contributed by atoms with Crippen molar-refractivity contribution in [3.8, 4) is 11.4 Å². The Morgan fingerprint density at radius 2 is 1.76 bits per heavy atom. The minimum atomic E-state index is -0.626. The molecule has 0 aromatic carbocycles. The van der Waals surface area contributed by atoms with Crippen LogP contribution in [-0.2, 0) is 14.3 Å². The minimum Gasteiger partial charge on any atom is -0.481 e. The largest absolute Gasteiger partial charge is 0.481 e. The van der Waals surface area contributed by atoms with Crippen molar-refractivity contribution in [2.24, 2.45) is 67.8 Å². The third kappa shape index (κ3) is 5.39. The van der Waals surface area contributed by atoms with Gasteiger partial charge in [0.25, 0.3) is 0 Å².